The first-order chi connectivity index (χ1) is 8.74. The fourth-order valence-electron chi connectivity index (χ4n) is 2.35. The predicted octanol–water partition coefficient (Wildman–Crippen LogP) is 4.61. The molecule has 1 aliphatic rings. The second-order valence-electron chi connectivity index (χ2n) is 4.53. The van der Waals surface area contributed by atoms with E-state index in [0.717, 1.165) is 41.7 Å². The van der Waals surface area contributed by atoms with Crippen LogP contribution < -0.4 is 0 Å². The average molecular weight is 298 g/mol. The molecule has 0 fully saturated rings. The van der Waals surface area contributed by atoms with Crippen molar-refractivity contribution < 1.29 is 0 Å². The first-order valence-corrected chi connectivity index (χ1v) is 7.58. The highest BCUT2D eigenvalue weighted by atomic mass is 35.5. The fourth-order valence-corrected chi connectivity index (χ4v) is 3.76. The topological polar surface area (TPSA) is 3.24 Å². The number of halogens is 2. The van der Waals surface area contributed by atoms with Crippen LogP contribution in [0.25, 0.3) is 0 Å². The molecule has 0 N–H and O–H groups in total. The Morgan fingerprint density at radius 3 is 2.72 bits per heavy atom. The summed E-state index contributed by atoms with van der Waals surface area (Å²) in [7, 11) is 0. The van der Waals surface area contributed by atoms with Crippen LogP contribution in [0.4, 0.5) is 0 Å². The zero-order valence-electron chi connectivity index (χ0n) is 9.83. The number of hydrogen-bond acceptors (Lipinski definition) is 2. The van der Waals surface area contributed by atoms with Gasteiger partial charge in [-0.3, -0.25) is 4.90 Å². The van der Waals surface area contributed by atoms with Gasteiger partial charge in [0.15, 0.2) is 0 Å². The molecule has 0 bridgehead atoms. The maximum atomic E-state index is 6.22. The van der Waals surface area contributed by atoms with E-state index in [1.807, 2.05) is 29.5 Å². The minimum absolute atomic E-state index is 0.763. The second kappa shape index (κ2) is 5.22. The molecule has 0 unspecified atom stereocenters. The van der Waals surface area contributed by atoms with Crippen molar-refractivity contribution in [2.24, 2.45) is 0 Å². The number of fused-ring (bicyclic) bond motifs is 1. The lowest BCUT2D eigenvalue weighted by Gasteiger charge is -2.27. The molecule has 1 aliphatic heterocycles. The van der Waals surface area contributed by atoms with Crippen LogP contribution in [0.5, 0.6) is 0 Å². The summed E-state index contributed by atoms with van der Waals surface area (Å²) in [4.78, 5) is 3.93. The molecule has 0 saturated heterocycles. The van der Waals surface area contributed by atoms with Crippen molar-refractivity contribution in [3.05, 3.63) is 55.7 Å². The molecule has 0 atom stereocenters. The molecular formula is C14H13Cl2NS. The highest BCUT2D eigenvalue weighted by Gasteiger charge is 2.18. The van der Waals surface area contributed by atoms with Crippen LogP contribution in [0.1, 0.15) is 16.0 Å². The van der Waals surface area contributed by atoms with Crippen molar-refractivity contribution in [3.63, 3.8) is 0 Å². The van der Waals surface area contributed by atoms with E-state index in [-0.39, 0.29) is 0 Å². The minimum Gasteiger partial charge on any atom is -0.294 e. The Bertz CT molecular complexity index is 544. The van der Waals surface area contributed by atoms with E-state index in [1.165, 1.54) is 10.4 Å². The Morgan fingerprint density at radius 1 is 1.17 bits per heavy atom. The monoisotopic (exact) mass is 297 g/mol. The molecular weight excluding hydrogens is 285 g/mol. The molecule has 0 amide bonds. The van der Waals surface area contributed by atoms with Gasteiger partial charge >= 0.3 is 0 Å². The van der Waals surface area contributed by atoms with Gasteiger partial charge < -0.3 is 0 Å². The average Bonchev–Trinajstić information content (AvgIpc) is 2.81. The summed E-state index contributed by atoms with van der Waals surface area (Å²) in [5, 5.41) is 3.70. The van der Waals surface area contributed by atoms with E-state index >= 15 is 0 Å². The van der Waals surface area contributed by atoms with Gasteiger partial charge in [0.2, 0.25) is 0 Å². The summed E-state index contributed by atoms with van der Waals surface area (Å²) < 4.78 is 0. The Balaban J connectivity index is 1.79. The SMILES string of the molecule is Clc1cccc(Cl)c1CN1CCc2sccc2C1. The van der Waals surface area contributed by atoms with Crippen molar-refractivity contribution in [3.8, 4) is 0 Å². The Morgan fingerprint density at radius 2 is 1.94 bits per heavy atom. The number of thiophene rings is 1. The van der Waals surface area contributed by atoms with Gasteiger partial charge in [0.25, 0.3) is 0 Å². The second-order valence-corrected chi connectivity index (χ2v) is 6.34. The van der Waals surface area contributed by atoms with Crippen molar-refractivity contribution >= 4 is 34.5 Å². The summed E-state index contributed by atoms with van der Waals surface area (Å²) >= 11 is 14.3. The van der Waals surface area contributed by atoms with Gasteiger partial charge in [-0.2, -0.15) is 0 Å². The van der Waals surface area contributed by atoms with E-state index in [1.54, 1.807) is 0 Å². The lowest BCUT2D eigenvalue weighted by Crippen LogP contribution is -2.29. The Hall–Kier alpha value is -0.540. The number of hydrogen-bond donors (Lipinski definition) is 0. The molecule has 1 nitrogen and oxygen atoms in total. The molecule has 4 heteroatoms. The third-order valence-electron chi connectivity index (χ3n) is 3.33. The Kier molecular flexibility index (Phi) is 3.62. The molecule has 3 rings (SSSR count). The number of rotatable bonds is 2. The third-order valence-corrected chi connectivity index (χ3v) is 5.06. The fraction of sp³-hybridized carbons (Fsp3) is 0.286. The van der Waals surface area contributed by atoms with Crippen molar-refractivity contribution in [1.29, 1.82) is 0 Å². The quantitative estimate of drug-likeness (QED) is 0.782. The molecule has 1 aromatic heterocycles. The molecule has 0 radical (unpaired) electrons. The van der Waals surface area contributed by atoms with Crippen LogP contribution in [0.15, 0.2) is 29.6 Å². The standard InChI is InChI=1S/C14H13Cl2NS/c15-12-2-1-3-13(16)11(12)9-17-6-4-14-10(8-17)5-7-18-14/h1-3,5,7H,4,6,8-9H2. The van der Waals surface area contributed by atoms with Crippen LogP contribution >= 0.6 is 34.5 Å². The molecule has 0 aliphatic carbocycles. The number of benzene rings is 1. The Labute approximate surface area is 121 Å². The molecule has 0 spiro atoms. The van der Waals surface area contributed by atoms with Crippen LogP contribution in [-0.4, -0.2) is 11.4 Å². The predicted molar refractivity (Wildman–Crippen MR) is 78.6 cm³/mol. The van der Waals surface area contributed by atoms with Gasteiger partial charge in [0, 0.05) is 40.1 Å². The van der Waals surface area contributed by atoms with Crippen LogP contribution in [0, 0.1) is 0 Å². The smallest absolute Gasteiger partial charge is 0.0465 e. The largest absolute Gasteiger partial charge is 0.294 e. The summed E-state index contributed by atoms with van der Waals surface area (Å²) in [5.41, 5.74) is 2.49. The molecule has 2 heterocycles. The normalized spacial score (nSPS) is 15.7. The molecule has 2 aromatic rings. The molecule has 0 saturated carbocycles. The van der Waals surface area contributed by atoms with Crippen LogP contribution in [0.2, 0.25) is 10.0 Å². The maximum Gasteiger partial charge on any atom is 0.0465 e. The van der Waals surface area contributed by atoms with E-state index in [2.05, 4.69) is 16.3 Å². The van der Waals surface area contributed by atoms with Gasteiger partial charge in [0.1, 0.15) is 0 Å². The molecule has 18 heavy (non-hydrogen) atoms. The lowest BCUT2D eigenvalue weighted by molar-refractivity contribution is 0.247. The van der Waals surface area contributed by atoms with Crippen molar-refractivity contribution in [1.82, 2.24) is 4.90 Å². The third kappa shape index (κ3) is 2.43. The summed E-state index contributed by atoms with van der Waals surface area (Å²) in [6.45, 7) is 2.91. The maximum absolute atomic E-state index is 6.22. The van der Waals surface area contributed by atoms with Crippen LogP contribution in [0.3, 0.4) is 0 Å². The van der Waals surface area contributed by atoms with Crippen LogP contribution in [-0.2, 0) is 19.5 Å². The van der Waals surface area contributed by atoms with Gasteiger partial charge in [0.05, 0.1) is 0 Å². The first kappa shape index (κ1) is 12.5. The van der Waals surface area contributed by atoms with E-state index in [4.69, 9.17) is 23.2 Å². The summed E-state index contributed by atoms with van der Waals surface area (Å²) in [6, 6.07) is 7.92. The number of nitrogens with zero attached hydrogens (tertiary/aromatic N) is 1. The van der Waals surface area contributed by atoms with Crippen molar-refractivity contribution in [2.45, 2.75) is 19.5 Å². The van der Waals surface area contributed by atoms with Gasteiger partial charge in [-0.25, -0.2) is 0 Å². The zero-order chi connectivity index (χ0) is 12.5. The highest BCUT2D eigenvalue weighted by molar-refractivity contribution is 7.10. The summed E-state index contributed by atoms with van der Waals surface area (Å²) in [6.07, 6.45) is 1.13. The van der Waals surface area contributed by atoms with Gasteiger partial charge in [-0.15, -0.1) is 11.3 Å². The molecule has 94 valence electrons. The van der Waals surface area contributed by atoms with E-state index in [0.29, 0.717) is 0 Å². The first-order valence-electron chi connectivity index (χ1n) is 5.94. The zero-order valence-corrected chi connectivity index (χ0v) is 12.2. The summed E-state index contributed by atoms with van der Waals surface area (Å²) in [5.74, 6) is 0. The minimum atomic E-state index is 0.763. The van der Waals surface area contributed by atoms with E-state index in [9.17, 15) is 0 Å². The van der Waals surface area contributed by atoms with Gasteiger partial charge in [-0.1, -0.05) is 29.3 Å². The van der Waals surface area contributed by atoms with E-state index < -0.39 is 0 Å². The van der Waals surface area contributed by atoms with Crippen molar-refractivity contribution in [2.75, 3.05) is 6.54 Å². The molecule has 1 aromatic carbocycles. The lowest BCUT2D eigenvalue weighted by atomic mass is 10.1. The van der Waals surface area contributed by atoms with Gasteiger partial charge in [-0.05, 0) is 35.6 Å². The highest BCUT2D eigenvalue weighted by Crippen LogP contribution is 2.29.